The van der Waals surface area contributed by atoms with Gasteiger partial charge in [0.1, 0.15) is 11.5 Å². The third-order valence-electron chi connectivity index (χ3n) is 4.79. The van der Waals surface area contributed by atoms with Gasteiger partial charge in [-0.25, -0.2) is 0 Å². The maximum Gasteiger partial charge on any atom is 0.311 e. The molecule has 8 nitrogen and oxygen atoms in total. The van der Waals surface area contributed by atoms with Crippen LogP contribution < -0.4 is 14.8 Å². The van der Waals surface area contributed by atoms with Gasteiger partial charge in [-0.1, -0.05) is 30.3 Å². The number of hydrogen-bond acceptors (Lipinski definition) is 6. The average molecular weight is 412 g/mol. The molecule has 0 bridgehead atoms. The van der Waals surface area contributed by atoms with Gasteiger partial charge in [0.15, 0.2) is 6.61 Å². The van der Waals surface area contributed by atoms with E-state index in [1.54, 1.807) is 23.1 Å². The van der Waals surface area contributed by atoms with Crippen LogP contribution in [0.2, 0.25) is 0 Å². The highest BCUT2D eigenvalue weighted by Gasteiger charge is 2.35. The van der Waals surface area contributed by atoms with E-state index in [0.717, 1.165) is 5.56 Å². The molecule has 1 atom stereocenters. The number of carbonyl (C=O) groups excluding carboxylic acids is 3. The second-order valence-electron chi connectivity index (χ2n) is 6.88. The first-order chi connectivity index (χ1) is 14.5. The smallest absolute Gasteiger partial charge is 0.311 e. The Hall–Kier alpha value is -3.55. The number of likely N-dealkylation sites (tertiary alicyclic amines) is 1. The summed E-state index contributed by atoms with van der Waals surface area (Å²) in [6.07, 6.45) is 0.0829. The molecule has 30 heavy (non-hydrogen) atoms. The van der Waals surface area contributed by atoms with Gasteiger partial charge in [0.25, 0.3) is 5.91 Å². The molecule has 0 spiro atoms. The van der Waals surface area contributed by atoms with Crippen molar-refractivity contribution in [2.24, 2.45) is 5.92 Å². The molecule has 0 radical (unpaired) electrons. The van der Waals surface area contributed by atoms with E-state index >= 15 is 0 Å². The van der Waals surface area contributed by atoms with Crippen LogP contribution in [-0.4, -0.2) is 50.1 Å². The van der Waals surface area contributed by atoms with Gasteiger partial charge in [0.2, 0.25) is 5.91 Å². The molecule has 8 heteroatoms. The van der Waals surface area contributed by atoms with Gasteiger partial charge < -0.3 is 24.4 Å². The van der Waals surface area contributed by atoms with Gasteiger partial charge in [0, 0.05) is 25.6 Å². The zero-order chi connectivity index (χ0) is 21.5. The summed E-state index contributed by atoms with van der Waals surface area (Å²) in [5, 5.41) is 2.63. The number of esters is 1. The highest BCUT2D eigenvalue weighted by molar-refractivity contribution is 5.95. The van der Waals surface area contributed by atoms with E-state index in [1.165, 1.54) is 14.2 Å². The fourth-order valence-corrected chi connectivity index (χ4v) is 3.23. The van der Waals surface area contributed by atoms with E-state index in [-0.39, 0.29) is 18.9 Å². The minimum absolute atomic E-state index is 0.0829. The number of nitrogens with one attached hydrogen (secondary N) is 1. The van der Waals surface area contributed by atoms with Gasteiger partial charge in [-0.15, -0.1) is 0 Å². The Balaban J connectivity index is 1.49. The second kappa shape index (κ2) is 9.78. The summed E-state index contributed by atoms with van der Waals surface area (Å²) >= 11 is 0. The van der Waals surface area contributed by atoms with E-state index in [1.807, 2.05) is 30.3 Å². The van der Waals surface area contributed by atoms with Crippen molar-refractivity contribution in [1.82, 2.24) is 4.90 Å². The van der Waals surface area contributed by atoms with Crippen LogP contribution in [0.4, 0.5) is 5.69 Å². The third kappa shape index (κ3) is 5.28. The predicted molar refractivity (Wildman–Crippen MR) is 109 cm³/mol. The molecular weight excluding hydrogens is 388 g/mol. The molecule has 1 aliphatic rings. The van der Waals surface area contributed by atoms with Crippen molar-refractivity contribution in [2.45, 2.75) is 13.0 Å². The molecule has 0 saturated carbocycles. The van der Waals surface area contributed by atoms with Crippen molar-refractivity contribution >= 4 is 23.5 Å². The first-order valence-corrected chi connectivity index (χ1v) is 9.50. The fourth-order valence-electron chi connectivity index (χ4n) is 3.23. The van der Waals surface area contributed by atoms with Crippen LogP contribution in [0.1, 0.15) is 12.0 Å². The molecule has 158 valence electrons. The summed E-state index contributed by atoms with van der Waals surface area (Å²) < 4.78 is 15.5. The molecule has 2 aromatic carbocycles. The van der Waals surface area contributed by atoms with E-state index in [4.69, 9.17) is 14.2 Å². The quantitative estimate of drug-likeness (QED) is 0.669. The number of anilines is 1. The molecule has 1 saturated heterocycles. The Bertz CT molecular complexity index is 915. The third-order valence-corrected chi connectivity index (χ3v) is 4.79. The molecule has 1 aliphatic heterocycles. The van der Waals surface area contributed by atoms with Gasteiger partial charge in [0.05, 0.1) is 25.8 Å². The number of nitrogens with zero attached hydrogens (tertiary/aromatic N) is 1. The summed E-state index contributed by atoms with van der Waals surface area (Å²) in [5.41, 5.74) is 1.43. The number of amides is 2. The molecule has 0 unspecified atom stereocenters. The molecule has 1 N–H and O–H groups in total. The maximum absolute atomic E-state index is 12.3. The largest absolute Gasteiger partial charge is 0.497 e. The average Bonchev–Trinajstić information content (AvgIpc) is 3.13. The van der Waals surface area contributed by atoms with E-state index in [2.05, 4.69) is 5.32 Å². The Kier molecular flexibility index (Phi) is 6.90. The van der Waals surface area contributed by atoms with Crippen molar-refractivity contribution in [3.05, 3.63) is 54.1 Å². The molecule has 0 aromatic heterocycles. The Morgan fingerprint density at radius 2 is 1.87 bits per heavy atom. The van der Waals surface area contributed by atoms with Crippen molar-refractivity contribution in [3.63, 3.8) is 0 Å². The standard InChI is InChI=1S/C22H24N2O6/c1-28-17-8-9-18(19(11-17)29-2)23-20(25)14-30-22(27)16-10-21(26)24(13-16)12-15-6-4-3-5-7-15/h3-9,11,16H,10,12-14H2,1-2H3,(H,23,25)/t16-/m0/s1. The number of rotatable bonds is 8. The number of hydrogen-bond donors (Lipinski definition) is 1. The van der Waals surface area contributed by atoms with Crippen LogP contribution in [-0.2, 0) is 25.7 Å². The normalized spacial score (nSPS) is 15.6. The van der Waals surface area contributed by atoms with Crippen molar-refractivity contribution in [1.29, 1.82) is 0 Å². The van der Waals surface area contributed by atoms with Crippen LogP contribution in [0.3, 0.4) is 0 Å². The second-order valence-corrected chi connectivity index (χ2v) is 6.88. The van der Waals surface area contributed by atoms with Crippen LogP contribution in [0.15, 0.2) is 48.5 Å². The summed E-state index contributed by atoms with van der Waals surface area (Å²) in [6, 6.07) is 14.5. The molecular formula is C22H24N2O6. The molecule has 2 aromatic rings. The molecule has 3 rings (SSSR count). The van der Waals surface area contributed by atoms with Gasteiger partial charge in [-0.05, 0) is 17.7 Å². The van der Waals surface area contributed by atoms with E-state index < -0.39 is 24.4 Å². The maximum atomic E-state index is 12.3. The van der Waals surface area contributed by atoms with Crippen molar-refractivity contribution in [2.75, 3.05) is 32.7 Å². The van der Waals surface area contributed by atoms with E-state index in [0.29, 0.717) is 23.7 Å². The predicted octanol–water partition coefficient (Wildman–Crippen LogP) is 2.23. The van der Waals surface area contributed by atoms with Crippen molar-refractivity contribution in [3.8, 4) is 11.5 Å². The lowest BCUT2D eigenvalue weighted by molar-refractivity contribution is -0.151. The molecule has 1 heterocycles. The molecule has 0 aliphatic carbocycles. The minimum Gasteiger partial charge on any atom is -0.497 e. The van der Waals surface area contributed by atoms with Gasteiger partial charge in [-0.3, -0.25) is 14.4 Å². The highest BCUT2D eigenvalue weighted by Crippen LogP contribution is 2.29. The summed E-state index contributed by atoms with van der Waals surface area (Å²) in [4.78, 5) is 38.3. The molecule has 2 amide bonds. The number of benzene rings is 2. The van der Waals surface area contributed by atoms with Gasteiger partial charge >= 0.3 is 5.97 Å². The SMILES string of the molecule is COc1ccc(NC(=O)COC(=O)[C@H]2CC(=O)N(Cc3ccccc3)C2)c(OC)c1. The number of carbonyl (C=O) groups is 3. The van der Waals surface area contributed by atoms with Crippen molar-refractivity contribution < 1.29 is 28.6 Å². The Labute approximate surface area is 174 Å². The first-order valence-electron chi connectivity index (χ1n) is 9.50. The number of methoxy groups -OCH3 is 2. The van der Waals surface area contributed by atoms with Crippen LogP contribution in [0.5, 0.6) is 11.5 Å². The Morgan fingerprint density at radius 3 is 2.57 bits per heavy atom. The highest BCUT2D eigenvalue weighted by atomic mass is 16.5. The molecule has 1 fully saturated rings. The lowest BCUT2D eigenvalue weighted by Gasteiger charge is -2.16. The number of ether oxygens (including phenoxy) is 3. The zero-order valence-electron chi connectivity index (χ0n) is 16.9. The Morgan fingerprint density at radius 1 is 1.10 bits per heavy atom. The summed E-state index contributed by atoms with van der Waals surface area (Å²) in [6.45, 7) is 0.277. The zero-order valence-corrected chi connectivity index (χ0v) is 16.9. The van der Waals surface area contributed by atoms with Gasteiger partial charge in [-0.2, -0.15) is 0 Å². The lowest BCUT2D eigenvalue weighted by atomic mass is 10.1. The lowest BCUT2D eigenvalue weighted by Crippen LogP contribution is -2.28. The summed E-state index contributed by atoms with van der Waals surface area (Å²) in [5.74, 6) is -0.736. The fraction of sp³-hybridized carbons (Fsp3) is 0.318. The van der Waals surface area contributed by atoms with E-state index in [9.17, 15) is 14.4 Å². The van der Waals surface area contributed by atoms with Crippen LogP contribution >= 0.6 is 0 Å². The van der Waals surface area contributed by atoms with Crippen LogP contribution in [0.25, 0.3) is 0 Å². The first kappa shape index (κ1) is 21.2. The topological polar surface area (TPSA) is 94.2 Å². The minimum atomic E-state index is -0.579. The monoisotopic (exact) mass is 412 g/mol. The van der Waals surface area contributed by atoms with Crippen LogP contribution in [0, 0.1) is 5.92 Å². The summed E-state index contributed by atoms with van der Waals surface area (Å²) in [7, 11) is 3.00.